The van der Waals surface area contributed by atoms with E-state index in [-0.39, 0.29) is 11.4 Å². The van der Waals surface area contributed by atoms with Crippen molar-refractivity contribution in [3.05, 3.63) is 30.1 Å². The molecule has 19 heavy (non-hydrogen) atoms. The SMILES string of the molecule is Fc1ccc(NCC2CCC3(CCCCC3)O2)cc1. The van der Waals surface area contributed by atoms with Crippen LogP contribution in [0.15, 0.2) is 24.3 Å². The van der Waals surface area contributed by atoms with Crippen LogP contribution in [-0.4, -0.2) is 18.2 Å². The fourth-order valence-electron chi connectivity index (χ4n) is 3.40. The summed E-state index contributed by atoms with van der Waals surface area (Å²) >= 11 is 0. The lowest BCUT2D eigenvalue weighted by Crippen LogP contribution is -2.33. The summed E-state index contributed by atoms with van der Waals surface area (Å²) in [6.45, 7) is 0.827. The lowest BCUT2D eigenvalue weighted by atomic mass is 9.83. The fourth-order valence-corrected chi connectivity index (χ4v) is 3.40. The molecule has 1 N–H and O–H groups in total. The zero-order chi connectivity index (χ0) is 13.1. The van der Waals surface area contributed by atoms with Crippen LogP contribution in [0.3, 0.4) is 0 Å². The van der Waals surface area contributed by atoms with Crippen LogP contribution in [-0.2, 0) is 4.74 Å². The number of ether oxygens (including phenoxy) is 1. The van der Waals surface area contributed by atoms with E-state index in [4.69, 9.17) is 4.74 Å². The molecular weight excluding hydrogens is 241 g/mol. The van der Waals surface area contributed by atoms with Crippen LogP contribution in [0, 0.1) is 5.82 Å². The minimum absolute atomic E-state index is 0.188. The maximum absolute atomic E-state index is 12.8. The van der Waals surface area contributed by atoms with E-state index in [2.05, 4.69) is 5.32 Å². The normalized spacial score (nSPS) is 25.6. The van der Waals surface area contributed by atoms with Crippen molar-refractivity contribution in [3.8, 4) is 0 Å². The highest BCUT2D eigenvalue weighted by atomic mass is 19.1. The Hall–Kier alpha value is -1.09. The van der Waals surface area contributed by atoms with E-state index in [1.165, 1.54) is 50.7 Å². The van der Waals surface area contributed by atoms with Crippen molar-refractivity contribution in [3.63, 3.8) is 0 Å². The zero-order valence-electron chi connectivity index (χ0n) is 11.3. The third-order valence-electron chi connectivity index (χ3n) is 4.48. The second-order valence-corrected chi connectivity index (χ2v) is 5.91. The van der Waals surface area contributed by atoms with Gasteiger partial charge in [0.2, 0.25) is 0 Å². The van der Waals surface area contributed by atoms with Gasteiger partial charge in [-0.1, -0.05) is 19.3 Å². The number of benzene rings is 1. The molecule has 1 aliphatic carbocycles. The zero-order valence-corrected chi connectivity index (χ0v) is 11.3. The first-order valence-corrected chi connectivity index (χ1v) is 7.43. The summed E-state index contributed by atoms with van der Waals surface area (Å²) in [5, 5.41) is 3.34. The van der Waals surface area contributed by atoms with Crippen LogP contribution in [0.5, 0.6) is 0 Å². The Kier molecular flexibility index (Phi) is 3.74. The van der Waals surface area contributed by atoms with Gasteiger partial charge in [0.1, 0.15) is 5.82 Å². The molecular formula is C16H22FNO. The van der Waals surface area contributed by atoms with Gasteiger partial charge in [0.05, 0.1) is 11.7 Å². The number of rotatable bonds is 3. The average Bonchev–Trinajstić information content (AvgIpc) is 2.82. The first-order chi connectivity index (χ1) is 9.26. The molecule has 0 aromatic heterocycles. The summed E-state index contributed by atoms with van der Waals surface area (Å²) in [5.74, 6) is -0.191. The summed E-state index contributed by atoms with van der Waals surface area (Å²) in [5.41, 5.74) is 1.16. The van der Waals surface area contributed by atoms with E-state index in [1.807, 2.05) is 0 Å². The highest BCUT2D eigenvalue weighted by Gasteiger charge is 2.40. The minimum atomic E-state index is -0.191. The van der Waals surface area contributed by atoms with Gasteiger partial charge in [-0.2, -0.15) is 0 Å². The van der Waals surface area contributed by atoms with E-state index in [1.54, 1.807) is 12.1 Å². The molecule has 2 fully saturated rings. The van der Waals surface area contributed by atoms with E-state index >= 15 is 0 Å². The van der Waals surface area contributed by atoms with Crippen molar-refractivity contribution in [1.82, 2.24) is 0 Å². The molecule has 0 bridgehead atoms. The Bertz CT molecular complexity index is 411. The first kappa shape index (κ1) is 12.9. The van der Waals surface area contributed by atoms with Crippen LogP contribution >= 0.6 is 0 Å². The molecule has 2 aliphatic rings. The predicted molar refractivity (Wildman–Crippen MR) is 74.8 cm³/mol. The van der Waals surface area contributed by atoms with Crippen LogP contribution in [0.2, 0.25) is 0 Å². The second kappa shape index (κ2) is 5.49. The van der Waals surface area contributed by atoms with Crippen LogP contribution in [0.4, 0.5) is 10.1 Å². The molecule has 0 amide bonds. The average molecular weight is 263 g/mol. The van der Waals surface area contributed by atoms with Crippen LogP contribution in [0.25, 0.3) is 0 Å². The molecule has 1 aromatic carbocycles. The maximum atomic E-state index is 12.8. The highest BCUT2D eigenvalue weighted by Crippen LogP contribution is 2.41. The van der Waals surface area contributed by atoms with E-state index in [0.717, 1.165) is 18.7 Å². The number of hydrogen-bond acceptors (Lipinski definition) is 2. The molecule has 1 unspecified atom stereocenters. The van der Waals surface area contributed by atoms with Crippen molar-refractivity contribution >= 4 is 5.69 Å². The van der Waals surface area contributed by atoms with Gasteiger partial charge in [0, 0.05) is 12.2 Å². The quantitative estimate of drug-likeness (QED) is 0.885. The Morgan fingerprint density at radius 1 is 1.11 bits per heavy atom. The molecule has 3 rings (SSSR count). The van der Waals surface area contributed by atoms with Gasteiger partial charge in [-0.05, 0) is 49.9 Å². The van der Waals surface area contributed by atoms with Crippen LogP contribution < -0.4 is 5.32 Å². The number of hydrogen-bond donors (Lipinski definition) is 1. The Balaban J connectivity index is 1.50. The minimum Gasteiger partial charge on any atom is -0.382 e. The number of halogens is 1. The van der Waals surface area contributed by atoms with E-state index in [0.29, 0.717) is 6.10 Å². The van der Waals surface area contributed by atoms with Gasteiger partial charge in [0.25, 0.3) is 0 Å². The van der Waals surface area contributed by atoms with Crippen molar-refractivity contribution in [2.45, 2.75) is 56.7 Å². The monoisotopic (exact) mass is 263 g/mol. The predicted octanol–water partition coefficient (Wildman–Crippen LogP) is 4.12. The topological polar surface area (TPSA) is 21.3 Å². The highest BCUT2D eigenvalue weighted by molar-refractivity contribution is 5.42. The molecule has 104 valence electrons. The Morgan fingerprint density at radius 3 is 2.58 bits per heavy atom. The van der Waals surface area contributed by atoms with Gasteiger partial charge in [0.15, 0.2) is 0 Å². The van der Waals surface area contributed by atoms with Crippen molar-refractivity contribution in [2.75, 3.05) is 11.9 Å². The molecule has 1 aromatic rings. The molecule has 1 atom stereocenters. The standard InChI is InChI=1S/C16H22FNO/c17-13-4-6-14(7-5-13)18-12-15-8-11-16(19-15)9-2-1-3-10-16/h4-7,15,18H,1-3,8-12H2. The number of nitrogens with one attached hydrogen (secondary N) is 1. The molecule has 1 aliphatic heterocycles. The first-order valence-electron chi connectivity index (χ1n) is 7.43. The summed E-state index contributed by atoms with van der Waals surface area (Å²) in [6.07, 6.45) is 9.14. The summed E-state index contributed by atoms with van der Waals surface area (Å²) < 4.78 is 19.1. The molecule has 3 heteroatoms. The lowest BCUT2D eigenvalue weighted by Gasteiger charge is -2.33. The van der Waals surface area contributed by atoms with E-state index < -0.39 is 0 Å². The second-order valence-electron chi connectivity index (χ2n) is 5.91. The molecule has 1 saturated heterocycles. The molecule has 1 spiro atoms. The smallest absolute Gasteiger partial charge is 0.123 e. The third kappa shape index (κ3) is 3.08. The summed E-state index contributed by atoms with van der Waals surface area (Å²) in [7, 11) is 0. The largest absolute Gasteiger partial charge is 0.382 e. The fraction of sp³-hybridized carbons (Fsp3) is 0.625. The van der Waals surface area contributed by atoms with Gasteiger partial charge in [-0.25, -0.2) is 4.39 Å². The van der Waals surface area contributed by atoms with E-state index in [9.17, 15) is 4.39 Å². The summed E-state index contributed by atoms with van der Waals surface area (Å²) in [6, 6.07) is 6.53. The van der Waals surface area contributed by atoms with Gasteiger partial charge in [-0.15, -0.1) is 0 Å². The van der Waals surface area contributed by atoms with Gasteiger partial charge in [-0.3, -0.25) is 0 Å². The Morgan fingerprint density at radius 2 is 1.84 bits per heavy atom. The van der Waals surface area contributed by atoms with Crippen molar-refractivity contribution < 1.29 is 9.13 Å². The van der Waals surface area contributed by atoms with Crippen LogP contribution in [0.1, 0.15) is 44.9 Å². The van der Waals surface area contributed by atoms with Crippen molar-refractivity contribution in [2.24, 2.45) is 0 Å². The lowest BCUT2D eigenvalue weighted by molar-refractivity contribution is -0.0588. The molecule has 0 radical (unpaired) electrons. The number of anilines is 1. The maximum Gasteiger partial charge on any atom is 0.123 e. The summed E-state index contributed by atoms with van der Waals surface area (Å²) in [4.78, 5) is 0. The van der Waals surface area contributed by atoms with Gasteiger partial charge < -0.3 is 10.1 Å². The molecule has 1 saturated carbocycles. The Labute approximate surface area is 114 Å². The van der Waals surface area contributed by atoms with Gasteiger partial charge >= 0.3 is 0 Å². The molecule has 1 heterocycles. The molecule has 2 nitrogen and oxygen atoms in total. The third-order valence-corrected chi connectivity index (χ3v) is 4.48. The van der Waals surface area contributed by atoms with Crippen molar-refractivity contribution in [1.29, 1.82) is 0 Å².